The lowest BCUT2D eigenvalue weighted by Gasteiger charge is -2.10. The molecule has 0 radical (unpaired) electrons. The number of thiophene rings is 1. The van der Waals surface area contributed by atoms with Gasteiger partial charge in [0.05, 0.1) is 16.4 Å². The van der Waals surface area contributed by atoms with Gasteiger partial charge in [0.2, 0.25) is 0 Å². The molecule has 2 aromatic rings. The molecule has 5 heteroatoms. The Morgan fingerprint density at radius 3 is 2.88 bits per heavy atom. The maximum atomic E-state index is 6.07. The fourth-order valence-corrected chi connectivity index (χ4v) is 3.23. The molecule has 0 fully saturated rings. The van der Waals surface area contributed by atoms with E-state index < -0.39 is 0 Å². The Labute approximate surface area is 118 Å². The number of rotatable bonds is 4. The number of nitrogen functional groups attached to an aromatic ring is 1. The van der Waals surface area contributed by atoms with Gasteiger partial charge in [0, 0.05) is 21.3 Å². The molecule has 90 valence electrons. The fraction of sp³-hybridized carbons (Fsp3) is 0.167. The Bertz CT molecular complexity index is 493. The average molecular weight is 332 g/mol. The molecule has 1 heterocycles. The molecule has 0 aliphatic heterocycles. The van der Waals surface area contributed by atoms with Crippen molar-refractivity contribution in [1.82, 2.24) is 0 Å². The highest BCUT2D eigenvalue weighted by atomic mass is 79.9. The van der Waals surface area contributed by atoms with Crippen LogP contribution in [0.1, 0.15) is 4.88 Å². The van der Waals surface area contributed by atoms with Crippen molar-refractivity contribution in [2.75, 3.05) is 17.6 Å². The number of hydrogen-bond donors (Lipinski definition) is 2. The summed E-state index contributed by atoms with van der Waals surface area (Å²) in [5, 5.41) is 6.02. The van der Waals surface area contributed by atoms with Crippen LogP contribution in [0.15, 0.2) is 34.1 Å². The van der Waals surface area contributed by atoms with E-state index in [0.29, 0.717) is 10.7 Å². The van der Waals surface area contributed by atoms with Crippen molar-refractivity contribution < 1.29 is 0 Å². The molecule has 0 aliphatic carbocycles. The minimum absolute atomic E-state index is 0.664. The normalized spacial score (nSPS) is 10.5. The molecule has 3 N–H and O–H groups in total. The largest absolute Gasteiger partial charge is 0.397 e. The zero-order valence-corrected chi connectivity index (χ0v) is 12.2. The number of anilines is 2. The Morgan fingerprint density at radius 2 is 2.24 bits per heavy atom. The summed E-state index contributed by atoms with van der Waals surface area (Å²) in [6, 6.07) is 7.65. The summed E-state index contributed by atoms with van der Waals surface area (Å²) in [7, 11) is 0. The second-order valence-corrected chi connectivity index (χ2v) is 5.93. The van der Waals surface area contributed by atoms with Gasteiger partial charge in [0.25, 0.3) is 0 Å². The highest BCUT2D eigenvalue weighted by Crippen LogP contribution is 2.28. The minimum Gasteiger partial charge on any atom is -0.397 e. The highest BCUT2D eigenvalue weighted by molar-refractivity contribution is 9.10. The standard InChI is InChI=1S/C12H12BrClN2S/c13-8-6-9(17-7-8)4-5-16-12-10(14)2-1-3-11(12)15/h1-3,6-7,16H,4-5,15H2. The van der Waals surface area contributed by atoms with E-state index in [2.05, 4.69) is 32.7 Å². The summed E-state index contributed by atoms with van der Waals surface area (Å²) in [5.74, 6) is 0. The lowest BCUT2D eigenvalue weighted by Crippen LogP contribution is -2.06. The number of para-hydroxylation sites is 1. The molecule has 0 spiro atoms. The molecule has 0 unspecified atom stereocenters. The van der Waals surface area contributed by atoms with Crippen LogP contribution in [0.4, 0.5) is 11.4 Å². The highest BCUT2D eigenvalue weighted by Gasteiger charge is 2.04. The van der Waals surface area contributed by atoms with Crippen LogP contribution in [0.2, 0.25) is 5.02 Å². The molecule has 2 nitrogen and oxygen atoms in total. The van der Waals surface area contributed by atoms with Gasteiger partial charge >= 0.3 is 0 Å². The summed E-state index contributed by atoms with van der Waals surface area (Å²) in [6.45, 7) is 0.820. The molecular formula is C12H12BrClN2S. The summed E-state index contributed by atoms with van der Waals surface area (Å²) >= 11 is 11.3. The quantitative estimate of drug-likeness (QED) is 0.815. The first-order valence-corrected chi connectivity index (χ1v) is 7.22. The van der Waals surface area contributed by atoms with Crippen molar-refractivity contribution in [3.05, 3.63) is 44.0 Å². The molecule has 2 rings (SSSR count). The van der Waals surface area contributed by atoms with E-state index >= 15 is 0 Å². The summed E-state index contributed by atoms with van der Waals surface area (Å²) < 4.78 is 1.13. The van der Waals surface area contributed by atoms with E-state index in [0.717, 1.165) is 23.1 Å². The first-order chi connectivity index (χ1) is 8.16. The number of benzene rings is 1. The Kier molecular flexibility index (Phi) is 4.31. The van der Waals surface area contributed by atoms with Crippen LogP contribution < -0.4 is 11.1 Å². The van der Waals surface area contributed by atoms with E-state index in [1.807, 2.05) is 18.2 Å². The molecule has 0 saturated carbocycles. The van der Waals surface area contributed by atoms with Crippen LogP contribution in [-0.4, -0.2) is 6.54 Å². The Balaban J connectivity index is 1.94. The van der Waals surface area contributed by atoms with E-state index in [9.17, 15) is 0 Å². The monoisotopic (exact) mass is 330 g/mol. The third-order valence-electron chi connectivity index (χ3n) is 2.34. The number of nitrogens with two attached hydrogens (primary N) is 1. The van der Waals surface area contributed by atoms with E-state index in [1.165, 1.54) is 4.88 Å². The predicted molar refractivity (Wildman–Crippen MR) is 80.1 cm³/mol. The average Bonchev–Trinajstić information content (AvgIpc) is 2.69. The van der Waals surface area contributed by atoms with E-state index in [4.69, 9.17) is 17.3 Å². The van der Waals surface area contributed by atoms with Gasteiger partial charge in [-0.05, 0) is 40.5 Å². The second-order valence-electron chi connectivity index (χ2n) is 3.61. The number of hydrogen-bond acceptors (Lipinski definition) is 3. The Morgan fingerprint density at radius 1 is 1.41 bits per heavy atom. The van der Waals surface area contributed by atoms with Crippen LogP contribution in [0.5, 0.6) is 0 Å². The van der Waals surface area contributed by atoms with Crippen LogP contribution >= 0.6 is 38.9 Å². The van der Waals surface area contributed by atoms with Crippen molar-refractivity contribution in [3.63, 3.8) is 0 Å². The molecule has 1 aromatic heterocycles. The molecule has 0 amide bonds. The van der Waals surface area contributed by atoms with Crippen LogP contribution in [0.3, 0.4) is 0 Å². The maximum Gasteiger partial charge on any atom is 0.0763 e. The minimum atomic E-state index is 0.664. The molecule has 0 bridgehead atoms. The van der Waals surface area contributed by atoms with Gasteiger partial charge in [-0.25, -0.2) is 0 Å². The van der Waals surface area contributed by atoms with Crippen LogP contribution in [0, 0.1) is 0 Å². The smallest absolute Gasteiger partial charge is 0.0763 e. The van der Waals surface area contributed by atoms with Gasteiger partial charge in [0.1, 0.15) is 0 Å². The van der Waals surface area contributed by atoms with Gasteiger partial charge in [-0.1, -0.05) is 17.7 Å². The molecular weight excluding hydrogens is 320 g/mol. The molecule has 1 aromatic carbocycles. The van der Waals surface area contributed by atoms with E-state index in [1.54, 1.807) is 11.3 Å². The van der Waals surface area contributed by atoms with Crippen molar-refractivity contribution in [2.45, 2.75) is 6.42 Å². The second kappa shape index (κ2) is 5.76. The van der Waals surface area contributed by atoms with Gasteiger partial charge in [-0.15, -0.1) is 11.3 Å². The van der Waals surface area contributed by atoms with Crippen LogP contribution in [-0.2, 0) is 6.42 Å². The topological polar surface area (TPSA) is 38.0 Å². The zero-order valence-electron chi connectivity index (χ0n) is 9.04. The third kappa shape index (κ3) is 3.37. The third-order valence-corrected chi connectivity index (χ3v) is 4.41. The summed E-state index contributed by atoms with van der Waals surface area (Å²) in [6.07, 6.45) is 0.959. The first kappa shape index (κ1) is 12.7. The lowest BCUT2D eigenvalue weighted by atomic mass is 10.2. The molecule has 0 aliphatic rings. The Hall–Kier alpha value is -0.710. The molecule has 17 heavy (non-hydrogen) atoms. The van der Waals surface area contributed by atoms with Crippen molar-refractivity contribution in [1.29, 1.82) is 0 Å². The zero-order chi connectivity index (χ0) is 12.3. The van der Waals surface area contributed by atoms with Gasteiger partial charge in [-0.2, -0.15) is 0 Å². The lowest BCUT2D eigenvalue weighted by molar-refractivity contribution is 1.04. The van der Waals surface area contributed by atoms with Crippen LogP contribution in [0.25, 0.3) is 0 Å². The van der Waals surface area contributed by atoms with Gasteiger partial charge < -0.3 is 11.1 Å². The SMILES string of the molecule is Nc1cccc(Cl)c1NCCc1cc(Br)cs1. The van der Waals surface area contributed by atoms with Gasteiger partial charge in [0.15, 0.2) is 0 Å². The number of nitrogens with one attached hydrogen (secondary N) is 1. The fourth-order valence-electron chi connectivity index (χ4n) is 1.52. The van der Waals surface area contributed by atoms with Crippen molar-refractivity contribution in [2.24, 2.45) is 0 Å². The maximum absolute atomic E-state index is 6.07. The first-order valence-electron chi connectivity index (χ1n) is 5.17. The molecule has 0 atom stereocenters. The van der Waals surface area contributed by atoms with Gasteiger partial charge in [-0.3, -0.25) is 0 Å². The van der Waals surface area contributed by atoms with Crippen molar-refractivity contribution in [3.8, 4) is 0 Å². The molecule has 0 saturated heterocycles. The predicted octanol–water partition coefficient (Wildman–Crippen LogP) is 4.40. The van der Waals surface area contributed by atoms with Crippen molar-refractivity contribution >= 4 is 50.2 Å². The number of halogens is 2. The summed E-state index contributed by atoms with van der Waals surface area (Å²) in [5.41, 5.74) is 7.36. The van der Waals surface area contributed by atoms with E-state index in [-0.39, 0.29) is 0 Å². The summed E-state index contributed by atoms with van der Waals surface area (Å²) in [4.78, 5) is 1.33.